The number of nitrogens with one attached hydrogen (secondary N) is 1. The normalized spacial score (nSPS) is 12.6. The molecule has 0 rings (SSSR count). The van der Waals surface area contributed by atoms with E-state index in [2.05, 4.69) is 31.3 Å². The molecule has 2 unspecified atom stereocenters. The molecule has 0 saturated heterocycles. The van der Waals surface area contributed by atoms with Gasteiger partial charge in [-0.25, -0.2) is 0 Å². The van der Waals surface area contributed by atoms with Gasteiger partial charge in [0.15, 0.2) is 0 Å². The molecule has 0 aromatic heterocycles. The maximum atomic E-state index is 12.5. The van der Waals surface area contributed by atoms with Crippen molar-refractivity contribution in [3.63, 3.8) is 0 Å². The van der Waals surface area contributed by atoms with Crippen LogP contribution in [-0.2, 0) is 14.3 Å². The number of unbranched alkanes of at least 4 members (excludes halogenated alkanes) is 50. The minimum absolute atomic E-state index is 0.00744. The molecule has 0 aliphatic rings. The Hall–Kier alpha value is -1.66. The molecule has 0 fully saturated rings. The number of hydrogen-bond donors (Lipinski definition) is 3. The van der Waals surface area contributed by atoms with Crippen molar-refractivity contribution in [2.24, 2.45) is 0 Å². The van der Waals surface area contributed by atoms with Crippen molar-refractivity contribution in [1.29, 1.82) is 0 Å². The highest BCUT2D eigenvalue weighted by atomic mass is 16.5. The lowest BCUT2D eigenvalue weighted by Gasteiger charge is -2.20. The van der Waals surface area contributed by atoms with E-state index in [0.29, 0.717) is 19.4 Å². The SMILES string of the molecule is CCCCCCCCCCCCCCCCCCCCCC/C=C/C(O)C(CO)NC(=O)CCCCCCCCC/C=C\CCCCCCCCCCOC(=O)CCCCCCCCCCCCCCCCCC. The Bertz CT molecular complexity index is 1150. The zero-order valence-electron chi connectivity index (χ0n) is 50.1. The van der Waals surface area contributed by atoms with Gasteiger partial charge in [-0.2, -0.15) is 0 Å². The molecule has 0 aliphatic heterocycles. The number of amides is 1. The number of aliphatic hydroxyl groups excluding tert-OH is 2. The Morgan fingerprint density at radius 3 is 0.959 bits per heavy atom. The van der Waals surface area contributed by atoms with Crippen LogP contribution >= 0.6 is 0 Å². The molecule has 438 valence electrons. The molecular formula is C68H131NO5. The van der Waals surface area contributed by atoms with E-state index < -0.39 is 12.1 Å². The van der Waals surface area contributed by atoms with Gasteiger partial charge in [-0.15, -0.1) is 0 Å². The summed E-state index contributed by atoms with van der Waals surface area (Å²) in [6.07, 6.45) is 79.5. The molecule has 6 heteroatoms. The molecule has 74 heavy (non-hydrogen) atoms. The van der Waals surface area contributed by atoms with Crippen molar-refractivity contribution in [2.75, 3.05) is 13.2 Å². The number of hydrogen-bond acceptors (Lipinski definition) is 5. The monoisotopic (exact) mass is 1040 g/mol. The van der Waals surface area contributed by atoms with E-state index in [9.17, 15) is 19.8 Å². The Balaban J connectivity index is 3.45. The fourth-order valence-corrected chi connectivity index (χ4v) is 10.6. The Morgan fingerprint density at radius 2 is 0.635 bits per heavy atom. The summed E-state index contributed by atoms with van der Waals surface area (Å²) in [6.45, 7) is 4.93. The third-order valence-electron chi connectivity index (χ3n) is 15.7. The van der Waals surface area contributed by atoms with Gasteiger partial charge in [0, 0.05) is 12.8 Å². The van der Waals surface area contributed by atoms with Gasteiger partial charge < -0.3 is 20.3 Å². The molecule has 0 spiro atoms. The van der Waals surface area contributed by atoms with Crippen LogP contribution in [0.2, 0.25) is 0 Å². The van der Waals surface area contributed by atoms with Gasteiger partial charge in [-0.3, -0.25) is 9.59 Å². The van der Waals surface area contributed by atoms with Crippen LogP contribution in [0.15, 0.2) is 24.3 Å². The highest BCUT2D eigenvalue weighted by molar-refractivity contribution is 5.76. The average Bonchev–Trinajstić information content (AvgIpc) is 3.40. The number of allylic oxidation sites excluding steroid dienone is 3. The van der Waals surface area contributed by atoms with Crippen LogP contribution < -0.4 is 5.32 Å². The Kier molecular flexibility index (Phi) is 62.4. The fraction of sp³-hybridized carbons (Fsp3) is 0.912. The second-order valence-corrected chi connectivity index (χ2v) is 23.2. The molecule has 6 nitrogen and oxygen atoms in total. The molecule has 0 saturated carbocycles. The number of ether oxygens (including phenoxy) is 1. The molecule has 3 N–H and O–H groups in total. The molecular weight excluding hydrogens is 911 g/mol. The van der Waals surface area contributed by atoms with Crippen molar-refractivity contribution < 1.29 is 24.5 Å². The number of aliphatic hydroxyl groups is 2. The summed E-state index contributed by atoms with van der Waals surface area (Å²) in [7, 11) is 0. The first kappa shape index (κ1) is 72.3. The number of carbonyl (C=O) groups excluding carboxylic acids is 2. The van der Waals surface area contributed by atoms with Crippen LogP contribution in [-0.4, -0.2) is 47.4 Å². The van der Waals surface area contributed by atoms with Crippen molar-refractivity contribution in [3.05, 3.63) is 24.3 Å². The Labute approximate surface area is 462 Å². The first-order valence-corrected chi connectivity index (χ1v) is 33.6. The quantitative estimate of drug-likeness (QED) is 0.0320. The maximum absolute atomic E-state index is 12.5. The van der Waals surface area contributed by atoms with Crippen molar-refractivity contribution in [2.45, 2.75) is 386 Å². The third-order valence-corrected chi connectivity index (χ3v) is 15.7. The summed E-state index contributed by atoms with van der Waals surface area (Å²) < 4.78 is 5.49. The second-order valence-electron chi connectivity index (χ2n) is 23.2. The lowest BCUT2D eigenvalue weighted by molar-refractivity contribution is -0.143. The van der Waals surface area contributed by atoms with Gasteiger partial charge >= 0.3 is 5.97 Å². The number of carbonyl (C=O) groups is 2. The van der Waals surface area contributed by atoms with Crippen molar-refractivity contribution in [3.8, 4) is 0 Å². The van der Waals surface area contributed by atoms with E-state index in [1.54, 1.807) is 6.08 Å². The molecule has 0 heterocycles. The smallest absolute Gasteiger partial charge is 0.305 e. The predicted molar refractivity (Wildman–Crippen MR) is 324 cm³/mol. The second kappa shape index (κ2) is 63.9. The largest absolute Gasteiger partial charge is 0.466 e. The molecule has 0 aromatic carbocycles. The standard InChI is InChI=1S/C68H131NO5/c1-3-5-7-9-11-13-15-17-19-21-22-23-24-26-29-32-36-40-44-48-52-56-60-66(71)65(64-70)69-67(72)61-57-53-49-45-41-37-33-30-27-25-28-31-35-39-43-47-51-55-59-63-74-68(73)62-58-54-50-46-42-38-34-20-18-16-14-12-10-8-6-4-2/h25,27,56,60,65-66,70-71H,3-24,26,28-55,57-59,61-64H2,1-2H3,(H,69,72)/b27-25-,60-56+. The molecule has 0 radical (unpaired) electrons. The molecule has 1 amide bonds. The van der Waals surface area contributed by atoms with Crippen LogP contribution in [0.25, 0.3) is 0 Å². The summed E-state index contributed by atoms with van der Waals surface area (Å²) in [4.78, 5) is 24.6. The van der Waals surface area contributed by atoms with Gasteiger partial charge in [0.2, 0.25) is 5.91 Å². The van der Waals surface area contributed by atoms with E-state index in [4.69, 9.17) is 4.74 Å². The van der Waals surface area contributed by atoms with Crippen LogP contribution in [0.1, 0.15) is 373 Å². The first-order valence-electron chi connectivity index (χ1n) is 33.6. The highest BCUT2D eigenvalue weighted by Crippen LogP contribution is 2.18. The van der Waals surface area contributed by atoms with E-state index in [1.807, 2.05) is 6.08 Å². The van der Waals surface area contributed by atoms with Gasteiger partial charge in [-0.05, 0) is 57.8 Å². The van der Waals surface area contributed by atoms with Crippen LogP contribution in [0.3, 0.4) is 0 Å². The maximum Gasteiger partial charge on any atom is 0.305 e. The zero-order chi connectivity index (χ0) is 53.6. The lowest BCUT2D eigenvalue weighted by Crippen LogP contribution is -2.45. The molecule has 0 aliphatic carbocycles. The van der Waals surface area contributed by atoms with Gasteiger partial charge in [0.1, 0.15) is 0 Å². The van der Waals surface area contributed by atoms with Crippen molar-refractivity contribution >= 4 is 11.9 Å². The van der Waals surface area contributed by atoms with E-state index in [-0.39, 0.29) is 18.5 Å². The molecule has 0 bridgehead atoms. The van der Waals surface area contributed by atoms with Crippen molar-refractivity contribution in [1.82, 2.24) is 5.32 Å². The summed E-state index contributed by atoms with van der Waals surface area (Å²) in [5.41, 5.74) is 0. The van der Waals surface area contributed by atoms with E-state index in [0.717, 1.165) is 44.9 Å². The van der Waals surface area contributed by atoms with Gasteiger partial charge in [0.05, 0.1) is 25.4 Å². The van der Waals surface area contributed by atoms with E-state index >= 15 is 0 Å². The first-order chi connectivity index (χ1) is 36.5. The Morgan fingerprint density at radius 1 is 0.365 bits per heavy atom. The predicted octanol–water partition coefficient (Wildman–Crippen LogP) is 21.4. The van der Waals surface area contributed by atoms with Crippen LogP contribution in [0.5, 0.6) is 0 Å². The summed E-state index contributed by atoms with van der Waals surface area (Å²) in [5, 5.41) is 23.2. The minimum Gasteiger partial charge on any atom is -0.466 e. The number of esters is 1. The summed E-state index contributed by atoms with van der Waals surface area (Å²) in [5.74, 6) is -0.0664. The lowest BCUT2D eigenvalue weighted by atomic mass is 10.0. The molecule has 2 atom stereocenters. The summed E-state index contributed by atoms with van der Waals surface area (Å²) >= 11 is 0. The highest BCUT2D eigenvalue weighted by Gasteiger charge is 2.18. The molecule has 0 aromatic rings. The zero-order valence-corrected chi connectivity index (χ0v) is 50.1. The average molecular weight is 1040 g/mol. The topological polar surface area (TPSA) is 95.9 Å². The van der Waals surface area contributed by atoms with Gasteiger partial charge in [-0.1, -0.05) is 327 Å². The number of rotatable bonds is 63. The minimum atomic E-state index is -0.852. The van der Waals surface area contributed by atoms with Crippen LogP contribution in [0, 0.1) is 0 Å². The fourth-order valence-electron chi connectivity index (χ4n) is 10.6. The van der Waals surface area contributed by atoms with Gasteiger partial charge in [0.25, 0.3) is 0 Å². The van der Waals surface area contributed by atoms with Crippen LogP contribution in [0.4, 0.5) is 0 Å². The third kappa shape index (κ3) is 59.6. The summed E-state index contributed by atoms with van der Waals surface area (Å²) in [6, 6.07) is -0.636. The van der Waals surface area contributed by atoms with E-state index in [1.165, 1.54) is 302 Å².